The summed E-state index contributed by atoms with van der Waals surface area (Å²) in [4.78, 5) is 1.35. The molecular weight excluding hydrogens is 216 g/mol. The lowest BCUT2D eigenvalue weighted by Crippen LogP contribution is -2.45. The molecule has 2 rings (SSSR count). The van der Waals surface area contributed by atoms with Crippen molar-refractivity contribution in [2.75, 3.05) is 25.0 Å². The third kappa shape index (κ3) is 3.42. The molecule has 0 bridgehead atoms. The van der Waals surface area contributed by atoms with Crippen molar-refractivity contribution < 1.29 is 0 Å². The van der Waals surface area contributed by atoms with Gasteiger partial charge >= 0.3 is 0 Å². The molecule has 0 aliphatic carbocycles. The van der Waals surface area contributed by atoms with Crippen LogP contribution in [0, 0.1) is 5.92 Å². The fourth-order valence-corrected chi connectivity index (χ4v) is 2.52. The Kier molecular flexibility index (Phi) is 4.13. The second kappa shape index (κ2) is 5.60. The van der Waals surface area contributed by atoms with E-state index in [4.69, 9.17) is 0 Å². The van der Waals surface area contributed by atoms with Gasteiger partial charge in [-0.2, -0.15) is 0 Å². The summed E-state index contributed by atoms with van der Waals surface area (Å²) >= 11 is 1.91. The van der Waals surface area contributed by atoms with Gasteiger partial charge in [0.15, 0.2) is 0 Å². The Hall–Kier alpha value is -0.670. The second-order valence-corrected chi connectivity index (χ2v) is 6.25. The number of thioether (sulfide) groups is 1. The normalized spacial score (nSPS) is 16.2. The standard InChI is InChI=1S/C13H20N2S/c1-10(2)16-13-5-3-12(4-6-13)15-9-11-7-14-8-11/h3-6,10-11,14-15H,7-9H2,1-2H3. The maximum atomic E-state index is 3.48. The van der Waals surface area contributed by atoms with Crippen molar-refractivity contribution in [1.29, 1.82) is 0 Å². The van der Waals surface area contributed by atoms with Crippen molar-refractivity contribution in [3.63, 3.8) is 0 Å². The van der Waals surface area contributed by atoms with Gasteiger partial charge < -0.3 is 10.6 Å². The Morgan fingerprint density at radius 3 is 2.50 bits per heavy atom. The van der Waals surface area contributed by atoms with Gasteiger partial charge in [-0.25, -0.2) is 0 Å². The molecule has 2 nitrogen and oxygen atoms in total. The minimum atomic E-state index is 0.653. The van der Waals surface area contributed by atoms with E-state index in [9.17, 15) is 0 Å². The Bertz CT molecular complexity index is 317. The molecule has 0 aromatic heterocycles. The van der Waals surface area contributed by atoms with Crippen LogP contribution in [0.3, 0.4) is 0 Å². The second-order valence-electron chi connectivity index (χ2n) is 4.60. The topological polar surface area (TPSA) is 24.1 Å². The summed E-state index contributed by atoms with van der Waals surface area (Å²) in [6.45, 7) is 7.85. The average Bonchev–Trinajstić information content (AvgIpc) is 2.17. The smallest absolute Gasteiger partial charge is 0.0341 e. The van der Waals surface area contributed by atoms with Crippen LogP contribution in [-0.2, 0) is 0 Å². The van der Waals surface area contributed by atoms with Crippen LogP contribution >= 0.6 is 11.8 Å². The first-order valence-corrected chi connectivity index (χ1v) is 6.83. The molecule has 3 heteroatoms. The number of hydrogen-bond acceptors (Lipinski definition) is 3. The fraction of sp³-hybridized carbons (Fsp3) is 0.538. The van der Waals surface area contributed by atoms with Gasteiger partial charge in [-0.3, -0.25) is 0 Å². The van der Waals surface area contributed by atoms with Crippen LogP contribution in [0.1, 0.15) is 13.8 Å². The Labute approximate surface area is 102 Å². The third-order valence-corrected chi connectivity index (χ3v) is 3.70. The van der Waals surface area contributed by atoms with Gasteiger partial charge in [0, 0.05) is 41.4 Å². The molecule has 0 atom stereocenters. The van der Waals surface area contributed by atoms with Gasteiger partial charge in [0.2, 0.25) is 0 Å². The fourth-order valence-electron chi connectivity index (χ4n) is 1.68. The van der Waals surface area contributed by atoms with Gasteiger partial charge in [-0.15, -0.1) is 11.8 Å². The molecule has 1 aliphatic heterocycles. The minimum Gasteiger partial charge on any atom is -0.385 e. The van der Waals surface area contributed by atoms with Crippen LogP contribution in [0.4, 0.5) is 5.69 Å². The average molecular weight is 236 g/mol. The molecule has 0 amide bonds. The monoisotopic (exact) mass is 236 g/mol. The van der Waals surface area contributed by atoms with E-state index in [2.05, 4.69) is 48.7 Å². The molecule has 88 valence electrons. The van der Waals surface area contributed by atoms with E-state index in [1.54, 1.807) is 0 Å². The SMILES string of the molecule is CC(C)Sc1ccc(NCC2CNC2)cc1. The van der Waals surface area contributed by atoms with E-state index in [-0.39, 0.29) is 0 Å². The first kappa shape index (κ1) is 11.8. The molecule has 0 radical (unpaired) electrons. The molecule has 1 saturated heterocycles. The summed E-state index contributed by atoms with van der Waals surface area (Å²) in [7, 11) is 0. The molecule has 0 saturated carbocycles. The van der Waals surface area contributed by atoms with Crippen molar-refractivity contribution in [1.82, 2.24) is 5.32 Å². The van der Waals surface area contributed by atoms with Gasteiger partial charge in [0.25, 0.3) is 0 Å². The maximum absolute atomic E-state index is 3.48. The van der Waals surface area contributed by atoms with Crippen LogP contribution in [0.2, 0.25) is 0 Å². The van der Waals surface area contributed by atoms with Crippen molar-refractivity contribution in [3.8, 4) is 0 Å². The molecule has 1 aromatic rings. The van der Waals surface area contributed by atoms with Crippen LogP contribution in [0.25, 0.3) is 0 Å². The largest absolute Gasteiger partial charge is 0.385 e. The first-order valence-electron chi connectivity index (χ1n) is 5.95. The number of hydrogen-bond donors (Lipinski definition) is 2. The zero-order valence-electron chi connectivity index (χ0n) is 9.99. The Morgan fingerprint density at radius 2 is 2.00 bits per heavy atom. The van der Waals surface area contributed by atoms with E-state index in [1.165, 1.54) is 10.6 Å². The lowest BCUT2D eigenvalue weighted by atomic mass is 10.0. The van der Waals surface area contributed by atoms with Gasteiger partial charge in [-0.1, -0.05) is 13.8 Å². The van der Waals surface area contributed by atoms with E-state index >= 15 is 0 Å². The summed E-state index contributed by atoms with van der Waals surface area (Å²) < 4.78 is 0. The highest BCUT2D eigenvalue weighted by molar-refractivity contribution is 7.99. The minimum absolute atomic E-state index is 0.653. The van der Waals surface area contributed by atoms with E-state index in [1.807, 2.05) is 11.8 Å². The van der Waals surface area contributed by atoms with Gasteiger partial charge in [0.1, 0.15) is 0 Å². The molecule has 1 aliphatic rings. The maximum Gasteiger partial charge on any atom is 0.0341 e. The molecule has 2 N–H and O–H groups in total. The number of benzene rings is 1. The number of nitrogens with one attached hydrogen (secondary N) is 2. The summed E-state index contributed by atoms with van der Waals surface area (Å²) in [5, 5.41) is 7.42. The molecule has 1 heterocycles. The van der Waals surface area contributed by atoms with E-state index in [0.717, 1.165) is 25.6 Å². The predicted octanol–water partition coefficient (Wildman–Crippen LogP) is 2.82. The van der Waals surface area contributed by atoms with Crippen molar-refractivity contribution in [2.45, 2.75) is 24.0 Å². The molecule has 1 aromatic carbocycles. The summed E-state index contributed by atoms with van der Waals surface area (Å²) in [5.41, 5.74) is 1.24. The highest BCUT2D eigenvalue weighted by atomic mass is 32.2. The lowest BCUT2D eigenvalue weighted by Gasteiger charge is -2.27. The zero-order chi connectivity index (χ0) is 11.4. The third-order valence-electron chi connectivity index (χ3n) is 2.69. The highest BCUT2D eigenvalue weighted by Crippen LogP contribution is 2.24. The van der Waals surface area contributed by atoms with E-state index < -0.39 is 0 Å². The quantitative estimate of drug-likeness (QED) is 0.769. The zero-order valence-corrected chi connectivity index (χ0v) is 10.8. The van der Waals surface area contributed by atoms with Crippen LogP contribution in [0.5, 0.6) is 0 Å². The number of rotatable bonds is 5. The predicted molar refractivity (Wildman–Crippen MR) is 72.3 cm³/mol. The Balaban J connectivity index is 1.81. The van der Waals surface area contributed by atoms with E-state index in [0.29, 0.717) is 5.25 Å². The summed E-state index contributed by atoms with van der Waals surface area (Å²) in [5.74, 6) is 0.810. The van der Waals surface area contributed by atoms with Gasteiger partial charge in [0.05, 0.1) is 0 Å². The highest BCUT2D eigenvalue weighted by Gasteiger charge is 2.15. The summed E-state index contributed by atoms with van der Waals surface area (Å²) in [6, 6.07) is 8.76. The lowest BCUT2D eigenvalue weighted by molar-refractivity contribution is 0.365. The molecule has 0 unspecified atom stereocenters. The first-order chi connectivity index (χ1) is 7.74. The Morgan fingerprint density at radius 1 is 1.31 bits per heavy atom. The van der Waals surface area contributed by atoms with Crippen LogP contribution < -0.4 is 10.6 Å². The number of anilines is 1. The van der Waals surface area contributed by atoms with Crippen molar-refractivity contribution in [2.24, 2.45) is 5.92 Å². The summed E-state index contributed by atoms with van der Waals surface area (Å²) in [6.07, 6.45) is 0. The van der Waals surface area contributed by atoms with Crippen LogP contribution in [-0.4, -0.2) is 24.9 Å². The van der Waals surface area contributed by atoms with Crippen molar-refractivity contribution in [3.05, 3.63) is 24.3 Å². The van der Waals surface area contributed by atoms with Crippen LogP contribution in [0.15, 0.2) is 29.2 Å². The molecule has 0 spiro atoms. The molecule has 16 heavy (non-hydrogen) atoms. The molecular formula is C13H20N2S. The van der Waals surface area contributed by atoms with Crippen molar-refractivity contribution >= 4 is 17.4 Å². The molecule has 1 fully saturated rings. The van der Waals surface area contributed by atoms with Gasteiger partial charge in [-0.05, 0) is 24.3 Å².